The fourth-order valence-electron chi connectivity index (χ4n) is 0.898. The summed E-state index contributed by atoms with van der Waals surface area (Å²) in [6, 6.07) is 10.1. The minimum atomic E-state index is 0.639. The molecule has 0 aliphatic rings. The zero-order valence-corrected chi connectivity index (χ0v) is 7.81. The standard InChI is InChI=1S/C12H14O/c1-2-3-10-13-11-9-12-7-5-4-6-8-12/h2-9,11H,10H2,1H3/b3-2+,11-9?. The zero-order chi connectivity index (χ0) is 9.36. The van der Waals surface area contributed by atoms with E-state index < -0.39 is 0 Å². The quantitative estimate of drug-likeness (QED) is 0.387. The van der Waals surface area contributed by atoms with E-state index in [4.69, 9.17) is 4.74 Å². The van der Waals surface area contributed by atoms with Crippen LogP contribution in [0.4, 0.5) is 0 Å². The molecule has 0 saturated carbocycles. The van der Waals surface area contributed by atoms with E-state index in [1.54, 1.807) is 6.26 Å². The molecule has 1 aromatic carbocycles. The molecule has 0 aliphatic heterocycles. The van der Waals surface area contributed by atoms with Gasteiger partial charge in [0.2, 0.25) is 0 Å². The van der Waals surface area contributed by atoms with Gasteiger partial charge < -0.3 is 4.74 Å². The van der Waals surface area contributed by atoms with Crippen LogP contribution in [0.15, 0.2) is 48.7 Å². The Morgan fingerprint density at radius 3 is 2.69 bits per heavy atom. The molecule has 0 N–H and O–H groups in total. The van der Waals surface area contributed by atoms with Crippen molar-refractivity contribution in [2.24, 2.45) is 0 Å². The molecular weight excluding hydrogens is 160 g/mol. The predicted octanol–water partition coefficient (Wildman–Crippen LogP) is 3.25. The number of rotatable bonds is 4. The van der Waals surface area contributed by atoms with Crippen LogP contribution in [0.3, 0.4) is 0 Å². The smallest absolute Gasteiger partial charge is 0.105 e. The zero-order valence-electron chi connectivity index (χ0n) is 7.81. The van der Waals surface area contributed by atoms with Gasteiger partial charge in [0.05, 0.1) is 6.26 Å². The van der Waals surface area contributed by atoms with Crippen molar-refractivity contribution < 1.29 is 4.74 Å². The maximum absolute atomic E-state index is 5.21. The largest absolute Gasteiger partial charge is 0.497 e. The van der Waals surface area contributed by atoms with Crippen LogP contribution in [-0.2, 0) is 4.74 Å². The summed E-state index contributed by atoms with van der Waals surface area (Å²) in [6.07, 6.45) is 7.60. The van der Waals surface area contributed by atoms with Crippen molar-refractivity contribution in [2.75, 3.05) is 6.61 Å². The first-order valence-corrected chi connectivity index (χ1v) is 4.38. The molecule has 68 valence electrons. The highest BCUT2D eigenvalue weighted by Crippen LogP contribution is 2.00. The van der Waals surface area contributed by atoms with Crippen LogP contribution >= 0.6 is 0 Å². The summed E-state index contributed by atoms with van der Waals surface area (Å²) in [5, 5.41) is 0. The van der Waals surface area contributed by atoms with E-state index in [0.717, 1.165) is 5.56 Å². The van der Waals surface area contributed by atoms with Crippen molar-refractivity contribution in [2.45, 2.75) is 6.92 Å². The molecule has 0 spiro atoms. The molecule has 0 amide bonds. The van der Waals surface area contributed by atoms with Gasteiger partial charge in [0.25, 0.3) is 0 Å². The molecule has 1 nitrogen and oxygen atoms in total. The predicted molar refractivity (Wildman–Crippen MR) is 56.2 cm³/mol. The van der Waals surface area contributed by atoms with Gasteiger partial charge in [0.1, 0.15) is 6.61 Å². The average molecular weight is 174 g/mol. The first kappa shape index (κ1) is 9.59. The Morgan fingerprint density at radius 2 is 2.00 bits per heavy atom. The second-order valence-corrected chi connectivity index (χ2v) is 2.62. The van der Waals surface area contributed by atoms with Gasteiger partial charge in [0, 0.05) is 0 Å². The number of hydrogen-bond acceptors (Lipinski definition) is 1. The van der Waals surface area contributed by atoms with Gasteiger partial charge in [-0.15, -0.1) is 0 Å². The number of ether oxygens (including phenoxy) is 1. The molecule has 0 heterocycles. The lowest BCUT2D eigenvalue weighted by Crippen LogP contribution is -1.79. The average Bonchev–Trinajstić information content (AvgIpc) is 2.19. The monoisotopic (exact) mass is 174 g/mol. The van der Waals surface area contributed by atoms with Crippen LogP contribution < -0.4 is 0 Å². The van der Waals surface area contributed by atoms with Crippen molar-refractivity contribution in [3.8, 4) is 0 Å². The number of hydrogen-bond donors (Lipinski definition) is 0. The van der Waals surface area contributed by atoms with E-state index >= 15 is 0 Å². The van der Waals surface area contributed by atoms with E-state index in [-0.39, 0.29) is 0 Å². The molecule has 0 aromatic heterocycles. The van der Waals surface area contributed by atoms with Gasteiger partial charge in [-0.1, -0.05) is 42.5 Å². The molecule has 0 bridgehead atoms. The highest BCUT2D eigenvalue weighted by molar-refractivity contribution is 5.47. The third-order valence-corrected chi connectivity index (χ3v) is 1.58. The van der Waals surface area contributed by atoms with E-state index in [1.165, 1.54) is 0 Å². The summed E-state index contributed by atoms with van der Waals surface area (Å²) in [6.45, 7) is 2.62. The highest BCUT2D eigenvalue weighted by atomic mass is 16.5. The van der Waals surface area contributed by atoms with Gasteiger partial charge in [-0.25, -0.2) is 0 Å². The minimum absolute atomic E-state index is 0.639. The molecule has 0 aliphatic carbocycles. The lowest BCUT2D eigenvalue weighted by atomic mass is 10.2. The fraction of sp³-hybridized carbons (Fsp3) is 0.167. The van der Waals surface area contributed by atoms with Crippen molar-refractivity contribution in [1.29, 1.82) is 0 Å². The molecule has 1 heteroatoms. The molecule has 0 saturated heterocycles. The van der Waals surface area contributed by atoms with E-state index in [1.807, 2.05) is 55.5 Å². The summed E-state index contributed by atoms with van der Waals surface area (Å²) >= 11 is 0. The first-order valence-electron chi connectivity index (χ1n) is 4.38. The van der Waals surface area contributed by atoms with Gasteiger partial charge in [0.15, 0.2) is 0 Å². The van der Waals surface area contributed by atoms with Crippen LogP contribution in [0, 0.1) is 0 Å². The van der Waals surface area contributed by atoms with Gasteiger partial charge in [-0.3, -0.25) is 0 Å². The second-order valence-electron chi connectivity index (χ2n) is 2.62. The maximum Gasteiger partial charge on any atom is 0.105 e. The summed E-state index contributed by atoms with van der Waals surface area (Å²) in [5.41, 5.74) is 1.16. The molecule has 0 unspecified atom stereocenters. The fourth-order valence-corrected chi connectivity index (χ4v) is 0.898. The van der Waals surface area contributed by atoms with Crippen LogP contribution in [0.5, 0.6) is 0 Å². The summed E-state index contributed by atoms with van der Waals surface area (Å²) < 4.78 is 5.21. The normalized spacial score (nSPS) is 11.2. The summed E-state index contributed by atoms with van der Waals surface area (Å²) in [5.74, 6) is 0. The van der Waals surface area contributed by atoms with E-state index in [2.05, 4.69) is 0 Å². The Bertz CT molecular complexity index is 272. The van der Waals surface area contributed by atoms with Crippen LogP contribution in [0.2, 0.25) is 0 Å². The van der Waals surface area contributed by atoms with Gasteiger partial charge in [-0.2, -0.15) is 0 Å². The van der Waals surface area contributed by atoms with Crippen molar-refractivity contribution in [1.82, 2.24) is 0 Å². The van der Waals surface area contributed by atoms with Crippen LogP contribution in [-0.4, -0.2) is 6.61 Å². The van der Waals surface area contributed by atoms with Crippen molar-refractivity contribution >= 4 is 6.08 Å². The topological polar surface area (TPSA) is 9.23 Å². The summed E-state index contributed by atoms with van der Waals surface area (Å²) in [7, 11) is 0. The Labute approximate surface area is 79.4 Å². The Kier molecular flexibility index (Phi) is 4.47. The van der Waals surface area contributed by atoms with Gasteiger partial charge in [-0.05, 0) is 18.6 Å². The SMILES string of the molecule is C/C=C/COC=Cc1ccccc1. The van der Waals surface area contributed by atoms with Crippen LogP contribution in [0.25, 0.3) is 6.08 Å². The molecule has 1 rings (SSSR count). The Hall–Kier alpha value is -1.50. The lowest BCUT2D eigenvalue weighted by molar-refractivity contribution is 0.292. The Balaban J connectivity index is 2.32. The third-order valence-electron chi connectivity index (χ3n) is 1.58. The van der Waals surface area contributed by atoms with Gasteiger partial charge >= 0.3 is 0 Å². The van der Waals surface area contributed by atoms with Crippen molar-refractivity contribution in [3.63, 3.8) is 0 Å². The first-order chi connectivity index (χ1) is 6.43. The minimum Gasteiger partial charge on any atom is -0.497 e. The number of allylic oxidation sites excluding steroid dienone is 1. The lowest BCUT2D eigenvalue weighted by Gasteiger charge is -1.94. The van der Waals surface area contributed by atoms with Crippen LogP contribution in [0.1, 0.15) is 12.5 Å². The highest BCUT2D eigenvalue weighted by Gasteiger charge is 1.81. The molecule has 1 aromatic rings. The van der Waals surface area contributed by atoms with E-state index in [0.29, 0.717) is 6.61 Å². The molecule has 0 radical (unpaired) electrons. The Morgan fingerprint density at radius 1 is 1.23 bits per heavy atom. The van der Waals surface area contributed by atoms with Crippen molar-refractivity contribution in [3.05, 3.63) is 54.3 Å². The maximum atomic E-state index is 5.21. The molecule has 0 fully saturated rings. The molecule has 13 heavy (non-hydrogen) atoms. The molecule has 0 atom stereocenters. The molecular formula is C12H14O. The second kappa shape index (κ2) is 6.06. The third kappa shape index (κ3) is 4.16. The summed E-state index contributed by atoms with van der Waals surface area (Å²) in [4.78, 5) is 0. The number of benzene rings is 1. The van der Waals surface area contributed by atoms with E-state index in [9.17, 15) is 0 Å².